The van der Waals surface area contributed by atoms with E-state index >= 15 is 0 Å². The van der Waals surface area contributed by atoms with Crippen molar-refractivity contribution < 1.29 is 0 Å². The zero-order valence-electron chi connectivity index (χ0n) is 6.00. The number of nitrogens with zero attached hydrogens (tertiary/aromatic N) is 1. The molecule has 0 atom stereocenters. The van der Waals surface area contributed by atoms with Crippen LogP contribution in [0.3, 0.4) is 0 Å². The molecule has 1 heterocycles. The van der Waals surface area contributed by atoms with Crippen LogP contribution in [0.15, 0.2) is 23.0 Å². The molecular formula is C8H6NOS. The molecule has 2 nitrogen and oxygen atoms in total. The zero-order chi connectivity index (χ0) is 7.84. The minimum Gasteiger partial charge on any atom is -0.302 e. The molecule has 2 aromatic rings. The van der Waals surface area contributed by atoms with E-state index < -0.39 is 0 Å². The maximum atomic E-state index is 11.1. The first-order chi connectivity index (χ1) is 5.29. The predicted molar refractivity (Wildman–Crippen MR) is 45.9 cm³/mol. The third kappa shape index (κ3) is 0.886. The van der Waals surface area contributed by atoms with E-state index in [1.165, 1.54) is 11.3 Å². The van der Waals surface area contributed by atoms with Crippen LogP contribution in [-0.4, -0.2) is 4.57 Å². The quantitative estimate of drug-likeness (QED) is 0.577. The summed E-state index contributed by atoms with van der Waals surface area (Å²) in [6.45, 7) is 0. The molecule has 0 N–H and O–H groups in total. The van der Waals surface area contributed by atoms with Crippen molar-refractivity contribution in [2.75, 3.05) is 0 Å². The lowest BCUT2D eigenvalue weighted by Crippen LogP contribution is -2.06. The Bertz CT molecular complexity index is 441. The van der Waals surface area contributed by atoms with Crippen molar-refractivity contribution in [1.29, 1.82) is 0 Å². The molecular weight excluding hydrogens is 158 g/mol. The molecule has 1 aromatic heterocycles. The average Bonchev–Trinajstić information content (AvgIpc) is 2.30. The Morgan fingerprint density at radius 2 is 2.45 bits per heavy atom. The van der Waals surface area contributed by atoms with E-state index in [4.69, 9.17) is 0 Å². The number of hydrogen-bond acceptors (Lipinski definition) is 2. The number of aromatic nitrogens is 1. The van der Waals surface area contributed by atoms with Crippen molar-refractivity contribution in [2.45, 2.75) is 0 Å². The summed E-state index contributed by atoms with van der Waals surface area (Å²) in [6, 6.07) is 8.48. The zero-order valence-corrected chi connectivity index (χ0v) is 6.81. The van der Waals surface area contributed by atoms with E-state index in [0.717, 1.165) is 10.2 Å². The Labute approximate surface area is 67.7 Å². The third-order valence-electron chi connectivity index (χ3n) is 1.64. The summed E-state index contributed by atoms with van der Waals surface area (Å²) in [5, 5.41) is 0. The predicted octanol–water partition coefficient (Wildman–Crippen LogP) is 1.40. The van der Waals surface area contributed by atoms with Gasteiger partial charge < -0.3 is 4.57 Å². The Morgan fingerprint density at radius 3 is 3.18 bits per heavy atom. The van der Waals surface area contributed by atoms with Crippen molar-refractivity contribution >= 4 is 21.6 Å². The molecule has 0 unspecified atom stereocenters. The van der Waals surface area contributed by atoms with Gasteiger partial charge in [-0.2, -0.15) is 0 Å². The standard InChI is InChI=1S/C8H6NOS/c1-9-6-4-2-3-5-7(6)11-8(9)10/h2,4-5H,1H3. The van der Waals surface area contributed by atoms with Crippen LogP contribution < -0.4 is 4.87 Å². The van der Waals surface area contributed by atoms with Gasteiger partial charge in [0.1, 0.15) is 0 Å². The maximum absolute atomic E-state index is 11.1. The highest BCUT2D eigenvalue weighted by atomic mass is 32.1. The van der Waals surface area contributed by atoms with Gasteiger partial charge >= 0.3 is 4.87 Å². The van der Waals surface area contributed by atoms with Crippen molar-refractivity contribution in [1.82, 2.24) is 4.57 Å². The van der Waals surface area contributed by atoms with E-state index in [9.17, 15) is 4.79 Å². The van der Waals surface area contributed by atoms with Crippen LogP contribution in [0.4, 0.5) is 0 Å². The summed E-state index contributed by atoms with van der Waals surface area (Å²) >= 11 is 1.25. The molecule has 0 spiro atoms. The lowest BCUT2D eigenvalue weighted by molar-refractivity contribution is 0.939. The van der Waals surface area contributed by atoms with E-state index in [1.54, 1.807) is 11.6 Å². The summed E-state index contributed by atoms with van der Waals surface area (Å²) in [6.07, 6.45) is 0. The maximum Gasteiger partial charge on any atom is 0.307 e. The van der Waals surface area contributed by atoms with Gasteiger partial charge in [0, 0.05) is 7.05 Å². The number of rotatable bonds is 0. The van der Waals surface area contributed by atoms with Crippen LogP contribution in [0, 0.1) is 6.07 Å². The molecule has 0 saturated carbocycles. The van der Waals surface area contributed by atoms with Gasteiger partial charge in [-0.25, -0.2) is 0 Å². The molecule has 55 valence electrons. The van der Waals surface area contributed by atoms with Gasteiger partial charge in [-0.15, -0.1) is 0 Å². The topological polar surface area (TPSA) is 22.0 Å². The van der Waals surface area contributed by atoms with Crippen molar-refractivity contribution in [3.05, 3.63) is 33.9 Å². The number of aryl methyl sites for hydroxylation is 1. The highest BCUT2D eigenvalue weighted by Crippen LogP contribution is 2.14. The fraction of sp³-hybridized carbons (Fsp3) is 0.125. The van der Waals surface area contributed by atoms with Gasteiger partial charge in [-0.05, 0) is 18.2 Å². The SMILES string of the molecule is Cn1c(=O)sc2c[c]ccc21. The van der Waals surface area contributed by atoms with Crippen LogP contribution in [0.25, 0.3) is 10.2 Å². The summed E-state index contributed by atoms with van der Waals surface area (Å²) in [5.41, 5.74) is 0.985. The minimum absolute atomic E-state index is 0.0830. The van der Waals surface area contributed by atoms with Crippen molar-refractivity contribution in [2.24, 2.45) is 7.05 Å². The van der Waals surface area contributed by atoms with Crippen LogP contribution in [0.5, 0.6) is 0 Å². The molecule has 1 aromatic carbocycles. The molecule has 11 heavy (non-hydrogen) atoms. The van der Waals surface area contributed by atoms with Gasteiger partial charge in [0.25, 0.3) is 0 Å². The Balaban J connectivity index is 3.04. The van der Waals surface area contributed by atoms with Gasteiger partial charge in [-0.3, -0.25) is 4.79 Å². The first-order valence-electron chi connectivity index (χ1n) is 3.24. The van der Waals surface area contributed by atoms with Crippen LogP contribution >= 0.6 is 11.3 Å². The number of hydrogen-bond donors (Lipinski definition) is 0. The van der Waals surface area contributed by atoms with Gasteiger partial charge in [-0.1, -0.05) is 17.4 Å². The van der Waals surface area contributed by atoms with E-state index in [-0.39, 0.29) is 4.87 Å². The molecule has 0 aliphatic rings. The number of thiazole rings is 1. The van der Waals surface area contributed by atoms with Gasteiger partial charge in [0.2, 0.25) is 0 Å². The largest absolute Gasteiger partial charge is 0.307 e. The molecule has 0 amide bonds. The lowest BCUT2D eigenvalue weighted by atomic mass is 10.3. The molecule has 0 fully saturated rings. The average molecular weight is 164 g/mol. The summed E-state index contributed by atoms with van der Waals surface area (Å²) in [5.74, 6) is 0. The molecule has 1 radical (unpaired) electrons. The first kappa shape index (κ1) is 6.61. The van der Waals surface area contributed by atoms with Crippen molar-refractivity contribution in [3.8, 4) is 0 Å². The van der Waals surface area contributed by atoms with Crippen LogP contribution in [0.1, 0.15) is 0 Å². The summed E-state index contributed by atoms with van der Waals surface area (Å²) < 4.78 is 2.65. The fourth-order valence-electron chi connectivity index (χ4n) is 1.03. The first-order valence-corrected chi connectivity index (χ1v) is 4.06. The summed E-state index contributed by atoms with van der Waals surface area (Å²) in [7, 11) is 1.78. The Morgan fingerprint density at radius 1 is 1.64 bits per heavy atom. The van der Waals surface area contributed by atoms with E-state index in [1.807, 2.05) is 18.2 Å². The lowest BCUT2D eigenvalue weighted by Gasteiger charge is -1.89. The second kappa shape index (κ2) is 2.20. The van der Waals surface area contributed by atoms with Crippen LogP contribution in [-0.2, 0) is 7.05 Å². The molecule has 0 aliphatic carbocycles. The fourth-order valence-corrected chi connectivity index (χ4v) is 1.89. The molecule has 0 saturated heterocycles. The smallest absolute Gasteiger partial charge is 0.302 e. The highest BCUT2D eigenvalue weighted by Gasteiger charge is 2.00. The van der Waals surface area contributed by atoms with Crippen molar-refractivity contribution in [3.63, 3.8) is 0 Å². The van der Waals surface area contributed by atoms with E-state index in [2.05, 4.69) is 6.07 Å². The Kier molecular flexibility index (Phi) is 1.32. The second-order valence-corrected chi connectivity index (χ2v) is 3.31. The summed E-state index contributed by atoms with van der Waals surface area (Å²) in [4.78, 5) is 11.2. The number of benzene rings is 1. The number of fused-ring (bicyclic) bond motifs is 1. The van der Waals surface area contributed by atoms with E-state index in [0.29, 0.717) is 0 Å². The normalized spacial score (nSPS) is 10.6. The van der Waals surface area contributed by atoms with Gasteiger partial charge in [0.05, 0.1) is 10.2 Å². The van der Waals surface area contributed by atoms with Gasteiger partial charge in [0.15, 0.2) is 0 Å². The molecule has 0 aliphatic heterocycles. The van der Waals surface area contributed by atoms with Crippen LogP contribution in [0.2, 0.25) is 0 Å². The third-order valence-corrected chi connectivity index (χ3v) is 2.63. The second-order valence-electron chi connectivity index (χ2n) is 2.32. The molecule has 2 rings (SSSR count). The highest BCUT2D eigenvalue weighted by molar-refractivity contribution is 7.16. The monoisotopic (exact) mass is 164 g/mol. The minimum atomic E-state index is 0.0830. The Hall–Kier alpha value is -1.09. The molecule has 0 bridgehead atoms. The molecule has 3 heteroatoms.